The van der Waals surface area contributed by atoms with Gasteiger partial charge in [-0.1, -0.05) is 12.1 Å². The van der Waals surface area contributed by atoms with Crippen LogP contribution in [0.4, 0.5) is 4.39 Å². The zero-order valence-corrected chi connectivity index (χ0v) is 15.1. The molecule has 0 fully saturated rings. The Labute approximate surface area is 160 Å². The normalized spacial score (nSPS) is 16.2. The summed E-state index contributed by atoms with van der Waals surface area (Å²) in [4.78, 5) is 32.8. The van der Waals surface area contributed by atoms with E-state index in [4.69, 9.17) is 0 Å². The molecule has 1 aromatic carbocycles. The molecule has 3 heterocycles. The van der Waals surface area contributed by atoms with Gasteiger partial charge < -0.3 is 5.32 Å². The number of nitrogens with zero attached hydrogens (tertiary/aromatic N) is 5. The van der Waals surface area contributed by atoms with Crippen molar-refractivity contribution in [1.82, 2.24) is 29.6 Å². The van der Waals surface area contributed by atoms with Gasteiger partial charge >= 0.3 is 5.69 Å². The minimum absolute atomic E-state index is 0.0806. The van der Waals surface area contributed by atoms with Gasteiger partial charge in [0.05, 0.1) is 6.54 Å². The van der Waals surface area contributed by atoms with E-state index in [1.54, 1.807) is 22.8 Å². The molecule has 0 aliphatic carbocycles. The van der Waals surface area contributed by atoms with Crippen LogP contribution in [0.2, 0.25) is 0 Å². The molecular weight excluding hydrogens is 363 g/mol. The van der Waals surface area contributed by atoms with Crippen molar-refractivity contribution in [2.75, 3.05) is 0 Å². The quantitative estimate of drug-likeness (QED) is 0.731. The van der Waals surface area contributed by atoms with E-state index >= 15 is 0 Å². The summed E-state index contributed by atoms with van der Waals surface area (Å²) in [5.41, 5.74) is 0.613. The second-order valence-corrected chi connectivity index (χ2v) is 6.70. The minimum Gasteiger partial charge on any atom is -0.347 e. The van der Waals surface area contributed by atoms with Gasteiger partial charge in [0.15, 0.2) is 0 Å². The van der Waals surface area contributed by atoms with Crippen LogP contribution in [0.5, 0.6) is 0 Å². The molecule has 4 rings (SSSR count). The molecule has 1 N–H and O–H groups in total. The first-order valence-electron chi connectivity index (χ1n) is 9.09. The Morgan fingerprint density at radius 3 is 2.68 bits per heavy atom. The number of hydrogen-bond acceptors (Lipinski definition) is 5. The molecule has 1 atom stereocenters. The van der Waals surface area contributed by atoms with E-state index in [9.17, 15) is 14.0 Å². The molecule has 144 valence electrons. The lowest BCUT2D eigenvalue weighted by molar-refractivity contribution is 0.0922. The van der Waals surface area contributed by atoms with Crippen LogP contribution in [0.1, 0.15) is 34.8 Å². The summed E-state index contributed by atoms with van der Waals surface area (Å²) in [6.45, 7) is 0.767. The first kappa shape index (κ1) is 18.0. The molecule has 0 spiro atoms. The van der Waals surface area contributed by atoms with Gasteiger partial charge in [-0.15, -0.1) is 0 Å². The van der Waals surface area contributed by atoms with Crippen molar-refractivity contribution < 1.29 is 9.18 Å². The molecular formula is C19H19FN6O2. The molecule has 1 aliphatic rings. The smallest absolute Gasteiger partial charge is 0.346 e. The maximum atomic E-state index is 13.0. The molecule has 1 aliphatic heterocycles. The fraction of sp³-hybridized carbons (Fsp3) is 0.316. The van der Waals surface area contributed by atoms with Gasteiger partial charge in [-0.2, -0.15) is 5.10 Å². The van der Waals surface area contributed by atoms with E-state index in [1.165, 1.54) is 29.2 Å². The van der Waals surface area contributed by atoms with Crippen molar-refractivity contribution in [2.24, 2.45) is 0 Å². The Balaban J connectivity index is 1.43. The summed E-state index contributed by atoms with van der Waals surface area (Å²) in [7, 11) is 0. The number of benzene rings is 1. The van der Waals surface area contributed by atoms with Crippen LogP contribution in [0.25, 0.3) is 0 Å². The highest BCUT2D eigenvalue weighted by atomic mass is 19.1. The van der Waals surface area contributed by atoms with Gasteiger partial charge in [0.1, 0.15) is 11.6 Å². The van der Waals surface area contributed by atoms with Crippen LogP contribution in [0.15, 0.2) is 47.5 Å². The maximum Gasteiger partial charge on any atom is 0.346 e. The zero-order chi connectivity index (χ0) is 19.5. The lowest BCUT2D eigenvalue weighted by Crippen LogP contribution is -2.36. The van der Waals surface area contributed by atoms with E-state index in [2.05, 4.69) is 20.4 Å². The molecule has 8 nitrogen and oxygen atoms in total. The van der Waals surface area contributed by atoms with E-state index < -0.39 is 0 Å². The number of nitrogens with one attached hydrogen (secondary N) is 1. The van der Waals surface area contributed by atoms with Crippen molar-refractivity contribution >= 4 is 5.91 Å². The summed E-state index contributed by atoms with van der Waals surface area (Å²) in [5.74, 6) is 0.190. The predicted octanol–water partition coefficient (Wildman–Crippen LogP) is 1.16. The average molecular weight is 382 g/mol. The van der Waals surface area contributed by atoms with Gasteiger partial charge in [0.2, 0.25) is 5.82 Å². The largest absolute Gasteiger partial charge is 0.347 e. The molecule has 0 radical (unpaired) electrons. The first-order chi connectivity index (χ1) is 13.6. The molecule has 28 heavy (non-hydrogen) atoms. The number of halogens is 1. The van der Waals surface area contributed by atoms with E-state index in [-0.39, 0.29) is 29.3 Å². The summed E-state index contributed by atoms with van der Waals surface area (Å²) in [5, 5.41) is 7.37. The first-order valence-corrected chi connectivity index (χ1v) is 9.09. The summed E-state index contributed by atoms with van der Waals surface area (Å²) >= 11 is 0. The zero-order valence-electron chi connectivity index (χ0n) is 15.1. The number of hydrogen-bond donors (Lipinski definition) is 1. The van der Waals surface area contributed by atoms with Crippen molar-refractivity contribution in [1.29, 1.82) is 0 Å². The summed E-state index contributed by atoms with van der Waals surface area (Å²) in [6, 6.07) is 7.59. The number of carbonyl (C=O) groups is 1. The summed E-state index contributed by atoms with van der Waals surface area (Å²) in [6.07, 6.45) is 4.91. The number of aromatic nitrogens is 5. The molecule has 9 heteroatoms. The van der Waals surface area contributed by atoms with E-state index in [0.717, 1.165) is 5.56 Å². The highest BCUT2D eigenvalue weighted by molar-refractivity contribution is 5.90. The second kappa shape index (κ2) is 7.71. The van der Waals surface area contributed by atoms with Crippen LogP contribution >= 0.6 is 0 Å². The average Bonchev–Trinajstić information content (AvgIpc) is 2.87. The van der Waals surface area contributed by atoms with Gasteiger partial charge in [-0.3, -0.25) is 9.36 Å². The number of rotatable bonds is 4. The van der Waals surface area contributed by atoms with E-state index in [1.807, 2.05) is 0 Å². The lowest BCUT2D eigenvalue weighted by Gasteiger charge is -2.15. The maximum absolute atomic E-state index is 13.0. The number of amides is 1. The van der Waals surface area contributed by atoms with Gasteiger partial charge in [0.25, 0.3) is 5.91 Å². The molecule has 3 aromatic rings. The fourth-order valence-corrected chi connectivity index (χ4v) is 3.30. The Bertz CT molecular complexity index is 1030. The second-order valence-electron chi connectivity index (χ2n) is 6.70. The highest BCUT2D eigenvalue weighted by Crippen LogP contribution is 2.13. The molecule has 0 bridgehead atoms. The van der Waals surface area contributed by atoms with Crippen molar-refractivity contribution in [2.45, 2.75) is 38.4 Å². The monoisotopic (exact) mass is 382 g/mol. The third kappa shape index (κ3) is 3.83. The number of fused-ring (bicyclic) bond motifs is 1. The number of aryl methyl sites for hydroxylation is 1. The molecule has 0 saturated carbocycles. The SMILES string of the molecule is O=C(NC1CCc2nn(Cc3ccc(F)cc3)c(=O)n2CC1)c1ncccn1. The van der Waals surface area contributed by atoms with Crippen LogP contribution in [-0.2, 0) is 19.5 Å². The molecule has 1 amide bonds. The van der Waals surface area contributed by atoms with E-state index in [0.29, 0.717) is 38.2 Å². The van der Waals surface area contributed by atoms with Crippen LogP contribution in [-0.4, -0.2) is 36.3 Å². The molecule has 2 aromatic heterocycles. The molecule has 0 saturated heterocycles. The highest BCUT2D eigenvalue weighted by Gasteiger charge is 2.23. The lowest BCUT2D eigenvalue weighted by atomic mass is 10.1. The molecule has 1 unspecified atom stereocenters. The predicted molar refractivity (Wildman–Crippen MR) is 98.2 cm³/mol. The third-order valence-electron chi connectivity index (χ3n) is 4.77. The van der Waals surface area contributed by atoms with Gasteiger partial charge in [-0.05, 0) is 36.6 Å². The Kier molecular flexibility index (Phi) is 4.96. The van der Waals surface area contributed by atoms with Crippen LogP contribution < -0.4 is 11.0 Å². The van der Waals surface area contributed by atoms with Crippen molar-refractivity contribution in [3.8, 4) is 0 Å². The number of carbonyl (C=O) groups excluding carboxylic acids is 1. The Morgan fingerprint density at radius 2 is 1.93 bits per heavy atom. The Hall–Kier alpha value is -3.36. The summed E-state index contributed by atoms with van der Waals surface area (Å²) < 4.78 is 16.1. The van der Waals surface area contributed by atoms with Crippen LogP contribution in [0, 0.1) is 5.82 Å². The van der Waals surface area contributed by atoms with Gasteiger partial charge in [0, 0.05) is 31.4 Å². The minimum atomic E-state index is -0.320. The third-order valence-corrected chi connectivity index (χ3v) is 4.77. The van der Waals surface area contributed by atoms with Crippen molar-refractivity contribution in [3.63, 3.8) is 0 Å². The van der Waals surface area contributed by atoms with Crippen molar-refractivity contribution in [3.05, 3.63) is 76.2 Å². The van der Waals surface area contributed by atoms with Crippen LogP contribution in [0.3, 0.4) is 0 Å². The van der Waals surface area contributed by atoms with Gasteiger partial charge in [-0.25, -0.2) is 23.8 Å². The fourth-order valence-electron chi connectivity index (χ4n) is 3.30. The Morgan fingerprint density at radius 1 is 1.18 bits per heavy atom. The topological polar surface area (TPSA) is 94.7 Å². The standard InChI is InChI=1S/C19H19FN6O2/c20-14-4-2-13(3-5-14)12-26-19(28)25-11-8-15(6-7-16(25)24-26)23-18(27)17-21-9-1-10-22-17/h1-5,9-10,15H,6-8,11-12H2,(H,23,27).